The summed E-state index contributed by atoms with van der Waals surface area (Å²) >= 11 is 0. The van der Waals surface area contributed by atoms with E-state index in [1.165, 1.54) is 18.3 Å². The van der Waals surface area contributed by atoms with Gasteiger partial charge in [-0.15, -0.1) is 0 Å². The summed E-state index contributed by atoms with van der Waals surface area (Å²) in [5.41, 5.74) is 6.05. The normalized spacial score (nSPS) is 10.9. The Morgan fingerprint density at radius 3 is 2.52 bits per heavy atom. The lowest BCUT2D eigenvalue weighted by Gasteiger charge is -2.02. The number of nitrogens with zero attached hydrogens (tertiary/aromatic N) is 2. The molecule has 0 atom stereocenters. The van der Waals surface area contributed by atoms with Crippen molar-refractivity contribution in [2.24, 2.45) is 5.10 Å². The topological polar surface area (TPSA) is 111 Å². The summed E-state index contributed by atoms with van der Waals surface area (Å²) in [6.45, 7) is 2.01. The number of carbonyl (C=O) groups is 1. The molecule has 0 fully saturated rings. The van der Waals surface area contributed by atoms with Gasteiger partial charge < -0.3 is 10.2 Å². The molecular weight excluding hydrogens is 320 g/mol. The molecule has 0 aliphatic heterocycles. The SMILES string of the molecule is Cc1ccc(-c2[nH]ncc2/C=N/NC(=O)c2cc(O)cc(O)c2)cc1. The number of aromatic amines is 1. The first-order valence-corrected chi connectivity index (χ1v) is 7.50. The van der Waals surface area contributed by atoms with Gasteiger partial charge in [-0.25, -0.2) is 5.43 Å². The molecule has 0 unspecified atom stereocenters. The van der Waals surface area contributed by atoms with Gasteiger partial charge in [-0.3, -0.25) is 9.89 Å². The van der Waals surface area contributed by atoms with Crippen molar-refractivity contribution >= 4 is 12.1 Å². The Labute approximate surface area is 143 Å². The number of H-pyrrole nitrogens is 1. The van der Waals surface area contributed by atoms with E-state index >= 15 is 0 Å². The van der Waals surface area contributed by atoms with Crippen LogP contribution in [0.5, 0.6) is 11.5 Å². The molecule has 0 aliphatic carbocycles. The van der Waals surface area contributed by atoms with Crippen LogP contribution < -0.4 is 5.43 Å². The number of hydrogen-bond acceptors (Lipinski definition) is 5. The van der Waals surface area contributed by atoms with E-state index in [1.54, 1.807) is 6.20 Å². The van der Waals surface area contributed by atoms with E-state index in [2.05, 4.69) is 20.7 Å². The van der Waals surface area contributed by atoms with Crippen LogP contribution in [0.25, 0.3) is 11.3 Å². The molecule has 0 saturated heterocycles. The highest BCUT2D eigenvalue weighted by molar-refractivity contribution is 5.96. The molecule has 0 saturated carbocycles. The molecule has 126 valence electrons. The number of amides is 1. The molecule has 7 nitrogen and oxygen atoms in total. The number of benzene rings is 2. The molecule has 3 rings (SSSR count). The van der Waals surface area contributed by atoms with E-state index in [1.807, 2.05) is 31.2 Å². The third kappa shape index (κ3) is 3.84. The highest BCUT2D eigenvalue weighted by Gasteiger charge is 2.08. The maximum atomic E-state index is 12.0. The second-order valence-corrected chi connectivity index (χ2v) is 5.50. The number of hydrogen-bond donors (Lipinski definition) is 4. The number of rotatable bonds is 4. The quantitative estimate of drug-likeness (QED) is 0.433. The third-order valence-electron chi connectivity index (χ3n) is 3.54. The molecule has 2 aromatic carbocycles. The van der Waals surface area contributed by atoms with Gasteiger partial charge in [0.15, 0.2) is 0 Å². The molecule has 1 amide bonds. The van der Waals surface area contributed by atoms with Gasteiger partial charge >= 0.3 is 0 Å². The van der Waals surface area contributed by atoms with Crippen molar-refractivity contribution in [1.82, 2.24) is 15.6 Å². The molecule has 4 N–H and O–H groups in total. The van der Waals surface area contributed by atoms with Crippen molar-refractivity contribution in [2.45, 2.75) is 6.92 Å². The molecule has 0 radical (unpaired) electrons. The van der Waals surface area contributed by atoms with Crippen LogP contribution in [-0.2, 0) is 0 Å². The maximum Gasteiger partial charge on any atom is 0.271 e. The number of phenolic OH excluding ortho intramolecular Hbond substituents is 2. The van der Waals surface area contributed by atoms with Gasteiger partial charge in [0.2, 0.25) is 0 Å². The first-order chi connectivity index (χ1) is 12.0. The number of aromatic nitrogens is 2. The summed E-state index contributed by atoms with van der Waals surface area (Å²) in [5, 5.41) is 29.6. The highest BCUT2D eigenvalue weighted by Crippen LogP contribution is 2.21. The average Bonchev–Trinajstić information content (AvgIpc) is 3.03. The lowest BCUT2D eigenvalue weighted by molar-refractivity contribution is 0.0954. The molecule has 3 aromatic rings. The van der Waals surface area contributed by atoms with Gasteiger partial charge in [-0.1, -0.05) is 29.8 Å². The molecule has 0 aliphatic rings. The van der Waals surface area contributed by atoms with Crippen molar-refractivity contribution < 1.29 is 15.0 Å². The van der Waals surface area contributed by atoms with Crippen LogP contribution in [0, 0.1) is 6.92 Å². The predicted octanol–water partition coefficient (Wildman–Crippen LogP) is 2.56. The van der Waals surface area contributed by atoms with Crippen LogP contribution in [0.15, 0.2) is 53.8 Å². The first kappa shape index (κ1) is 16.3. The molecule has 0 spiro atoms. The Kier molecular flexibility index (Phi) is 4.47. The zero-order valence-corrected chi connectivity index (χ0v) is 13.4. The predicted molar refractivity (Wildman–Crippen MR) is 93.6 cm³/mol. The molecule has 1 heterocycles. The second kappa shape index (κ2) is 6.88. The number of nitrogens with one attached hydrogen (secondary N) is 2. The zero-order chi connectivity index (χ0) is 17.8. The minimum atomic E-state index is -0.553. The summed E-state index contributed by atoms with van der Waals surface area (Å²) in [7, 11) is 0. The highest BCUT2D eigenvalue weighted by atomic mass is 16.3. The van der Waals surface area contributed by atoms with Crippen LogP contribution in [-0.4, -0.2) is 32.5 Å². The van der Waals surface area contributed by atoms with Crippen molar-refractivity contribution in [1.29, 1.82) is 0 Å². The van der Waals surface area contributed by atoms with E-state index in [0.717, 1.165) is 22.9 Å². The lowest BCUT2D eigenvalue weighted by Crippen LogP contribution is -2.17. The Morgan fingerprint density at radius 1 is 1.16 bits per heavy atom. The Bertz CT molecular complexity index is 909. The number of aryl methyl sites for hydroxylation is 1. The Hall–Kier alpha value is -3.61. The van der Waals surface area contributed by atoms with Crippen LogP contribution in [0.2, 0.25) is 0 Å². The van der Waals surface area contributed by atoms with Gasteiger partial charge in [-0.05, 0) is 19.1 Å². The van der Waals surface area contributed by atoms with Crippen molar-refractivity contribution in [2.75, 3.05) is 0 Å². The summed E-state index contributed by atoms with van der Waals surface area (Å²) in [5.74, 6) is -0.959. The fraction of sp³-hybridized carbons (Fsp3) is 0.0556. The summed E-state index contributed by atoms with van der Waals surface area (Å²) in [6, 6.07) is 11.5. The minimum Gasteiger partial charge on any atom is -0.508 e. The lowest BCUT2D eigenvalue weighted by atomic mass is 10.1. The summed E-state index contributed by atoms with van der Waals surface area (Å²) < 4.78 is 0. The summed E-state index contributed by atoms with van der Waals surface area (Å²) in [6.07, 6.45) is 3.07. The van der Waals surface area contributed by atoms with Gasteiger partial charge in [0.05, 0.1) is 18.1 Å². The number of carbonyl (C=O) groups excluding carboxylic acids is 1. The monoisotopic (exact) mass is 336 g/mol. The number of aromatic hydroxyl groups is 2. The Balaban J connectivity index is 1.74. The van der Waals surface area contributed by atoms with Gasteiger partial charge in [0.25, 0.3) is 5.91 Å². The minimum absolute atomic E-state index is 0.0978. The van der Waals surface area contributed by atoms with E-state index in [9.17, 15) is 15.0 Å². The van der Waals surface area contributed by atoms with Gasteiger partial charge in [0, 0.05) is 22.8 Å². The van der Waals surface area contributed by atoms with Crippen molar-refractivity contribution in [3.05, 3.63) is 65.4 Å². The fourth-order valence-electron chi connectivity index (χ4n) is 2.30. The van der Waals surface area contributed by atoms with Crippen LogP contribution >= 0.6 is 0 Å². The zero-order valence-electron chi connectivity index (χ0n) is 13.4. The standard InChI is InChI=1S/C18H16N4O3/c1-11-2-4-12(5-3-11)17-14(9-19-21-17)10-20-22-18(25)13-6-15(23)8-16(24)7-13/h2-10,23-24H,1H3,(H,19,21)(H,22,25)/b20-10+. The molecule has 7 heteroatoms. The van der Waals surface area contributed by atoms with Crippen molar-refractivity contribution in [3.63, 3.8) is 0 Å². The molecule has 0 bridgehead atoms. The van der Waals surface area contributed by atoms with Gasteiger partial charge in [0.1, 0.15) is 11.5 Å². The van der Waals surface area contributed by atoms with Crippen LogP contribution in [0.4, 0.5) is 0 Å². The first-order valence-electron chi connectivity index (χ1n) is 7.50. The Morgan fingerprint density at radius 2 is 1.84 bits per heavy atom. The molecular formula is C18H16N4O3. The molecule has 25 heavy (non-hydrogen) atoms. The number of phenols is 2. The summed E-state index contributed by atoms with van der Waals surface area (Å²) in [4.78, 5) is 12.0. The maximum absolute atomic E-state index is 12.0. The van der Waals surface area contributed by atoms with Crippen molar-refractivity contribution in [3.8, 4) is 22.8 Å². The average molecular weight is 336 g/mol. The van der Waals surface area contributed by atoms with Crippen LogP contribution in [0.3, 0.4) is 0 Å². The van der Waals surface area contributed by atoms with E-state index < -0.39 is 5.91 Å². The van der Waals surface area contributed by atoms with E-state index in [4.69, 9.17) is 0 Å². The fourth-order valence-corrected chi connectivity index (χ4v) is 2.30. The largest absolute Gasteiger partial charge is 0.508 e. The van der Waals surface area contributed by atoms with E-state index in [0.29, 0.717) is 5.56 Å². The van der Waals surface area contributed by atoms with Gasteiger partial charge in [-0.2, -0.15) is 10.2 Å². The second-order valence-electron chi connectivity index (χ2n) is 5.50. The smallest absolute Gasteiger partial charge is 0.271 e. The van der Waals surface area contributed by atoms with Crippen LogP contribution in [0.1, 0.15) is 21.5 Å². The third-order valence-corrected chi connectivity index (χ3v) is 3.54. The van der Waals surface area contributed by atoms with E-state index in [-0.39, 0.29) is 17.1 Å². The molecule has 1 aromatic heterocycles. The number of hydrazone groups is 1.